The highest BCUT2D eigenvalue weighted by atomic mass is 79.9. The van der Waals surface area contributed by atoms with Gasteiger partial charge in [0.2, 0.25) is 0 Å². The molecule has 14 heavy (non-hydrogen) atoms. The van der Waals surface area contributed by atoms with E-state index in [1.54, 1.807) is 0 Å². The second-order valence-corrected chi connectivity index (χ2v) is 4.51. The minimum Gasteiger partial charge on any atom is -0.395 e. The first-order valence-electron chi connectivity index (χ1n) is 4.91. The third-order valence-corrected chi connectivity index (χ3v) is 3.57. The fraction of sp³-hybridized carbons (Fsp3) is 0.455. The maximum Gasteiger partial charge on any atom is 0.0590 e. The van der Waals surface area contributed by atoms with Crippen molar-refractivity contribution >= 4 is 15.9 Å². The van der Waals surface area contributed by atoms with Crippen molar-refractivity contribution in [2.75, 3.05) is 13.2 Å². The molecule has 1 aliphatic rings. The Hall–Kier alpha value is -0.380. The quantitative estimate of drug-likeness (QED) is 0.846. The summed E-state index contributed by atoms with van der Waals surface area (Å²) in [7, 11) is 0. The van der Waals surface area contributed by atoms with Crippen molar-refractivity contribution in [3.05, 3.63) is 34.3 Å². The monoisotopic (exact) mass is 255 g/mol. The Kier molecular flexibility index (Phi) is 3.21. The molecule has 2 atom stereocenters. The first-order chi connectivity index (χ1) is 6.83. The summed E-state index contributed by atoms with van der Waals surface area (Å²) in [5.74, 6) is 0.440. The van der Waals surface area contributed by atoms with E-state index in [4.69, 9.17) is 0 Å². The molecule has 1 fully saturated rings. The SMILES string of the molecule is OC[C@@H]1NCC[C@@H]1c1ccccc1Br. The van der Waals surface area contributed by atoms with Gasteiger partial charge < -0.3 is 10.4 Å². The summed E-state index contributed by atoms with van der Waals surface area (Å²) in [5.41, 5.74) is 1.30. The molecule has 2 nitrogen and oxygen atoms in total. The molecule has 0 aromatic heterocycles. The Morgan fingerprint density at radius 3 is 2.93 bits per heavy atom. The van der Waals surface area contributed by atoms with Crippen LogP contribution in [0.1, 0.15) is 17.9 Å². The number of hydrogen-bond donors (Lipinski definition) is 2. The van der Waals surface area contributed by atoms with Crippen LogP contribution in [0.2, 0.25) is 0 Å². The Labute approximate surface area is 92.5 Å². The Morgan fingerprint density at radius 1 is 1.43 bits per heavy atom. The topological polar surface area (TPSA) is 32.3 Å². The molecule has 1 heterocycles. The van der Waals surface area contributed by atoms with Gasteiger partial charge in [0.15, 0.2) is 0 Å². The van der Waals surface area contributed by atoms with Crippen LogP contribution >= 0.6 is 15.9 Å². The van der Waals surface area contributed by atoms with Crippen LogP contribution in [0.4, 0.5) is 0 Å². The number of aliphatic hydroxyl groups excluding tert-OH is 1. The summed E-state index contributed by atoms with van der Waals surface area (Å²) in [5, 5.41) is 12.5. The van der Waals surface area contributed by atoms with E-state index in [9.17, 15) is 5.11 Å². The summed E-state index contributed by atoms with van der Waals surface area (Å²) in [4.78, 5) is 0. The lowest BCUT2D eigenvalue weighted by atomic mass is 9.92. The molecule has 1 aromatic carbocycles. The number of halogens is 1. The molecule has 0 bridgehead atoms. The highest BCUT2D eigenvalue weighted by molar-refractivity contribution is 9.10. The molecule has 1 aromatic rings. The fourth-order valence-electron chi connectivity index (χ4n) is 2.11. The van der Waals surface area contributed by atoms with E-state index in [0.29, 0.717) is 5.92 Å². The van der Waals surface area contributed by atoms with Crippen LogP contribution < -0.4 is 5.32 Å². The van der Waals surface area contributed by atoms with Gasteiger partial charge >= 0.3 is 0 Å². The highest BCUT2D eigenvalue weighted by Gasteiger charge is 2.28. The lowest BCUT2D eigenvalue weighted by Gasteiger charge is -2.18. The maximum atomic E-state index is 9.21. The molecule has 1 saturated heterocycles. The Morgan fingerprint density at radius 2 is 2.21 bits per heavy atom. The molecule has 2 N–H and O–H groups in total. The summed E-state index contributed by atoms with van der Waals surface area (Å²) in [6, 6.07) is 8.47. The third kappa shape index (κ3) is 1.85. The van der Waals surface area contributed by atoms with Crippen molar-refractivity contribution < 1.29 is 5.11 Å². The van der Waals surface area contributed by atoms with Gasteiger partial charge in [-0.3, -0.25) is 0 Å². The Bertz CT molecular complexity index is 316. The van der Waals surface area contributed by atoms with Crippen LogP contribution in [-0.4, -0.2) is 24.3 Å². The fourth-order valence-corrected chi connectivity index (χ4v) is 2.69. The van der Waals surface area contributed by atoms with Crippen molar-refractivity contribution in [1.82, 2.24) is 5.32 Å². The van der Waals surface area contributed by atoms with Crippen molar-refractivity contribution in [3.8, 4) is 0 Å². The zero-order valence-electron chi connectivity index (χ0n) is 7.91. The molecule has 76 valence electrons. The molecule has 0 saturated carbocycles. The smallest absolute Gasteiger partial charge is 0.0590 e. The highest BCUT2D eigenvalue weighted by Crippen LogP contribution is 2.32. The number of aliphatic hydroxyl groups is 1. The van der Waals surface area contributed by atoms with Gasteiger partial charge in [0.05, 0.1) is 6.61 Å². The predicted octanol–water partition coefficient (Wildman–Crippen LogP) is 1.89. The standard InChI is InChI=1S/C11H14BrNO/c12-10-4-2-1-3-8(10)9-5-6-13-11(9)7-14/h1-4,9,11,13-14H,5-7H2/t9-,11+/m1/s1. The van der Waals surface area contributed by atoms with Crippen LogP contribution in [0.15, 0.2) is 28.7 Å². The van der Waals surface area contributed by atoms with Crippen LogP contribution in [0.5, 0.6) is 0 Å². The van der Waals surface area contributed by atoms with Gasteiger partial charge in [-0.1, -0.05) is 34.1 Å². The molecule has 0 unspecified atom stereocenters. The second kappa shape index (κ2) is 4.43. The summed E-state index contributed by atoms with van der Waals surface area (Å²) in [6.07, 6.45) is 1.10. The lowest BCUT2D eigenvalue weighted by molar-refractivity contribution is 0.245. The van der Waals surface area contributed by atoms with Gasteiger partial charge in [-0.25, -0.2) is 0 Å². The van der Waals surface area contributed by atoms with Crippen molar-refractivity contribution in [2.24, 2.45) is 0 Å². The van der Waals surface area contributed by atoms with Crippen LogP contribution in [0, 0.1) is 0 Å². The first kappa shape index (κ1) is 10.1. The average Bonchev–Trinajstić information content (AvgIpc) is 2.66. The van der Waals surface area contributed by atoms with E-state index in [1.807, 2.05) is 12.1 Å². The van der Waals surface area contributed by atoms with Crippen LogP contribution in [-0.2, 0) is 0 Å². The van der Waals surface area contributed by atoms with Gasteiger partial charge in [0.25, 0.3) is 0 Å². The lowest BCUT2D eigenvalue weighted by Crippen LogP contribution is -2.29. The number of hydrogen-bond acceptors (Lipinski definition) is 2. The molecule has 2 rings (SSSR count). The number of nitrogens with one attached hydrogen (secondary N) is 1. The Balaban J connectivity index is 2.26. The van der Waals surface area contributed by atoms with Crippen molar-refractivity contribution in [3.63, 3.8) is 0 Å². The largest absolute Gasteiger partial charge is 0.395 e. The molecule has 3 heteroatoms. The minimum absolute atomic E-state index is 0.214. The second-order valence-electron chi connectivity index (χ2n) is 3.66. The molecular weight excluding hydrogens is 242 g/mol. The zero-order chi connectivity index (χ0) is 9.97. The van der Waals surface area contributed by atoms with E-state index in [0.717, 1.165) is 17.4 Å². The van der Waals surface area contributed by atoms with Gasteiger partial charge in [0.1, 0.15) is 0 Å². The van der Waals surface area contributed by atoms with E-state index < -0.39 is 0 Å². The molecule has 0 amide bonds. The summed E-state index contributed by atoms with van der Waals surface area (Å²) < 4.78 is 1.15. The average molecular weight is 256 g/mol. The summed E-state index contributed by atoms with van der Waals surface area (Å²) in [6.45, 7) is 1.21. The molecule has 0 spiro atoms. The number of rotatable bonds is 2. The van der Waals surface area contributed by atoms with Crippen LogP contribution in [0.3, 0.4) is 0 Å². The molecular formula is C11H14BrNO. The van der Waals surface area contributed by atoms with Gasteiger partial charge in [-0.05, 0) is 24.6 Å². The van der Waals surface area contributed by atoms with Gasteiger partial charge in [-0.2, -0.15) is 0 Å². The maximum absolute atomic E-state index is 9.21. The predicted molar refractivity (Wildman–Crippen MR) is 60.4 cm³/mol. The van der Waals surface area contributed by atoms with Crippen molar-refractivity contribution in [2.45, 2.75) is 18.4 Å². The normalized spacial score (nSPS) is 26.7. The summed E-state index contributed by atoms with van der Waals surface area (Å²) >= 11 is 3.55. The van der Waals surface area contributed by atoms with E-state index >= 15 is 0 Å². The van der Waals surface area contributed by atoms with Crippen molar-refractivity contribution in [1.29, 1.82) is 0 Å². The van der Waals surface area contributed by atoms with E-state index in [1.165, 1.54) is 5.56 Å². The minimum atomic E-state index is 0.214. The molecule has 0 radical (unpaired) electrons. The van der Waals surface area contributed by atoms with Crippen LogP contribution in [0.25, 0.3) is 0 Å². The third-order valence-electron chi connectivity index (χ3n) is 2.85. The van der Waals surface area contributed by atoms with Gasteiger partial charge in [-0.15, -0.1) is 0 Å². The van der Waals surface area contributed by atoms with E-state index in [2.05, 4.69) is 33.4 Å². The number of benzene rings is 1. The van der Waals surface area contributed by atoms with Gasteiger partial charge in [0, 0.05) is 16.4 Å². The zero-order valence-corrected chi connectivity index (χ0v) is 9.50. The van der Waals surface area contributed by atoms with E-state index in [-0.39, 0.29) is 12.6 Å². The first-order valence-corrected chi connectivity index (χ1v) is 5.71. The molecule has 1 aliphatic heterocycles. The molecule has 0 aliphatic carbocycles.